The third-order valence-electron chi connectivity index (χ3n) is 3.81. The van der Waals surface area contributed by atoms with Gasteiger partial charge < -0.3 is 15.0 Å². The first-order valence-corrected chi connectivity index (χ1v) is 7.27. The summed E-state index contributed by atoms with van der Waals surface area (Å²) in [6, 6.07) is 1.81. The van der Waals surface area contributed by atoms with Gasteiger partial charge in [0.05, 0.1) is 12.1 Å². The zero-order valence-corrected chi connectivity index (χ0v) is 12.1. The van der Waals surface area contributed by atoms with Crippen LogP contribution in [0.2, 0.25) is 0 Å². The van der Waals surface area contributed by atoms with E-state index < -0.39 is 0 Å². The molecule has 0 aliphatic carbocycles. The van der Waals surface area contributed by atoms with Gasteiger partial charge >= 0.3 is 0 Å². The van der Waals surface area contributed by atoms with E-state index in [9.17, 15) is 4.79 Å². The van der Waals surface area contributed by atoms with Crippen LogP contribution in [0.3, 0.4) is 0 Å². The fourth-order valence-corrected chi connectivity index (χ4v) is 2.68. The molecule has 1 aromatic rings. The van der Waals surface area contributed by atoms with Crippen LogP contribution in [0.15, 0.2) is 12.3 Å². The third kappa shape index (κ3) is 2.57. The minimum Gasteiger partial charge on any atom is -0.482 e. The number of nitrogens with zero attached hydrogens (tertiary/aromatic N) is 2. The first-order valence-electron chi connectivity index (χ1n) is 7.27. The van der Waals surface area contributed by atoms with Crippen molar-refractivity contribution in [1.29, 1.82) is 0 Å². The SMILES string of the molecule is CC1(C)CNc2ncc(C(=O)N3CCCCC3)cc2O1. The van der Waals surface area contributed by atoms with E-state index in [2.05, 4.69) is 10.3 Å². The lowest BCUT2D eigenvalue weighted by atomic mass is 10.1. The summed E-state index contributed by atoms with van der Waals surface area (Å²) < 4.78 is 5.90. The molecule has 1 amide bonds. The summed E-state index contributed by atoms with van der Waals surface area (Å²) in [5, 5.41) is 3.24. The van der Waals surface area contributed by atoms with Gasteiger partial charge in [-0.1, -0.05) is 0 Å². The number of aromatic nitrogens is 1. The molecule has 108 valence electrons. The van der Waals surface area contributed by atoms with Crippen LogP contribution in [0.25, 0.3) is 0 Å². The second kappa shape index (κ2) is 4.96. The largest absolute Gasteiger partial charge is 0.482 e. The molecule has 5 nitrogen and oxygen atoms in total. The quantitative estimate of drug-likeness (QED) is 0.854. The predicted molar refractivity (Wildman–Crippen MR) is 77.2 cm³/mol. The summed E-state index contributed by atoms with van der Waals surface area (Å²) in [7, 11) is 0. The Hall–Kier alpha value is -1.78. The van der Waals surface area contributed by atoms with Crippen LogP contribution in [0.5, 0.6) is 5.75 Å². The van der Waals surface area contributed by atoms with Crippen molar-refractivity contribution in [2.75, 3.05) is 25.0 Å². The lowest BCUT2D eigenvalue weighted by Crippen LogP contribution is -2.40. The zero-order chi connectivity index (χ0) is 14.2. The molecule has 0 spiro atoms. The molecule has 1 aromatic heterocycles. The van der Waals surface area contributed by atoms with Crippen LogP contribution in [-0.2, 0) is 0 Å². The van der Waals surface area contributed by atoms with Gasteiger partial charge in [0, 0.05) is 19.3 Å². The minimum absolute atomic E-state index is 0.0620. The summed E-state index contributed by atoms with van der Waals surface area (Å²) in [6.45, 7) is 6.44. The molecule has 1 N–H and O–H groups in total. The Morgan fingerprint density at radius 2 is 2.10 bits per heavy atom. The minimum atomic E-state index is -0.276. The maximum Gasteiger partial charge on any atom is 0.255 e. The van der Waals surface area contributed by atoms with Crippen molar-refractivity contribution in [2.45, 2.75) is 38.7 Å². The Labute approximate surface area is 119 Å². The Bertz CT molecular complexity index is 522. The van der Waals surface area contributed by atoms with Gasteiger partial charge in [-0.3, -0.25) is 4.79 Å². The number of piperidine rings is 1. The van der Waals surface area contributed by atoms with Crippen LogP contribution < -0.4 is 10.1 Å². The number of fused-ring (bicyclic) bond motifs is 1. The Morgan fingerprint density at radius 3 is 2.85 bits per heavy atom. The van der Waals surface area contributed by atoms with Crippen molar-refractivity contribution in [3.8, 4) is 5.75 Å². The van der Waals surface area contributed by atoms with Crippen LogP contribution >= 0.6 is 0 Å². The topological polar surface area (TPSA) is 54.5 Å². The molecular formula is C15H21N3O2. The standard InChI is InChI=1S/C15H21N3O2/c1-15(2)10-17-13-12(20-15)8-11(9-16-13)14(19)18-6-4-3-5-7-18/h8-9H,3-7,10H2,1-2H3,(H,16,17). The van der Waals surface area contributed by atoms with Crippen molar-refractivity contribution in [1.82, 2.24) is 9.88 Å². The molecular weight excluding hydrogens is 254 g/mol. The number of amides is 1. The van der Waals surface area contributed by atoms with Gasteiger partial charge in [0.15, 0.2) is 11.6 Å². The molecule has 1 saturated heterocycles. The van der Waals surface area contributed by atoms with Gasteiger partial charge in [0.2, 0.25) is 0 Å². The van der Waals surface area contributed by atoms with Gasteiger partial charge in [0.25, 0.3) is 5.91 Å². The number of pyridine rings is 1. The average Bonchev–Trinajstić information content (AvgIpc) is 2.45. The number of anilines is 1. The van der Waals surface area contributed by atoms with Crippen LogP contribution in [0, 0.1) is 0 Å². The molecule has 20 heavy (non-hydrogen) atoms. The molecule has 3 heterocycles. The van der Waals surface area contributed by atoms with E-state index in [0.717, 1.165) is 31.7 Å². The van der Waals surface area contributed by atoms with E-state index in [0.29, 0.717) is 17.9 Å². The maximum atomic E-state index is 12.5. The first-order chi connectivity index (χ1) is 9.55. The van der Waals surface area contributed by atoms with Crippen LogP contribution in [0.4, 0.5) is 5.82 Å². The van der Waals surface area contributed by atoms with E-state index in [1.807, 2.05) is 24.8 Å². The molecule has 0 aromatic carbocycles. The lowest BCUT2D eigenvalue weighted by Gasteiger charge is -2.33. The molecule has 2 aliphatic rings. The van der Waals surface area contributed by atoms with Crippen molar-refractivity contribution in [2.24, 2.45) is 0 Å². The smallest absolute Gasteiger partial charge is 0.255 e. The summed E-state index contributed by atoms with van der Waals surface area (Å²) in [5.41, 5.74) is 0.340. The van der Waals surface area contributed by atoms with E-state index in [1.165, 1.54) is 6.42 Å². The van der Waals surface area contributed by atoms with E-state index in [1.54, 1.807) is 6.20 Å². The summed E-state index contributed by atoms with van der Waals surface area (Å²) in [5.74, 6) is 1.45. The average molecular weight is 275 g/mol. The van der Waals surface area contributed by atoms with Crippen molar-refractivity contribution in [3.63, 3.8) is 0 Å². The third-order valence-corrected chi connectivity index (χ3v) is 3.81. The van der Waals surface area contributed by atoms with Crippen LogP contribution in [-0.4, -0.2) is 41.0 Å². The van der Waals surface area contributed by atoms with Gasteiger partial charge in [-0.2, -0.15) is 0 Å². The Kier molecular flexibility index (Phi) is 3.28. The number of ether oxygens (including phenoxy) is 1. The molecule has 0 bridgehead atoms. The normalized spacial score (nSPS) is 20.6. The number of carbonyl (C=O) groups excluding carboxylic acids is 1. The fourth-order valence-electron chi connectivity index (χ4n) is 2.68. The molecule has 0 radical (unpaired) electrons. The number of carbonyl (C=O) groups is 1. The summed E-state index contributed by atoms with van der Waals surface area (Å²) in [6.07, 6.45) is 5.04. The second-order valence-electron chi connectivity index (χ2n) is 6.14. The molecule has 3 rings (SSSR count). The highest BCUT2D eigenvalue weighted by Gasteiger charge is 2.28. The van der Waals surface area contributed by atoms with E-state index in [-0.39, 0.29) is 11.5 Å². The van der Waals surface area contributed by atoms with Gasteiger partial charge in [-0.25, -0.2) is 4.98 Å². The molecule has 0 saturated carbocycles. The van der Waals surface area contributed by atoms with E-state index >= 15 is 0 Å². The monoisotopic (exact) mass is 275 g/mol. The van der Waals surface area contributed by atoms with Gasteiger partial charge in [-0.05, 0) is 39.2 Å². The number of nitrogens with one attached hydrogen (secondary N) is 1. The molecule has 0 atom stereocenters. The second-order valence-corrected chi connectivity index (χ2v) is 6.14. The molecule has 1 fully saturated rings. The maximum absolute atomic E-state index is 12.5. The number of hydrogen-bond donors (Lipinski definition) is 1. The zero-order valence-electron chi connectivity index (χ0n) is 12.1. The summed E-state index contributed by atoms with van der Waals surface area (Å²) in [4.78, 5) is 18.7. The highest BCUT2D eigenvalue weighted by molar-refractivity contribution is 5.94. The Morgan fingerprint density at radius 1 is 1.35 bits per heavy atom. The van der Waals surface area contributed by atoms with Crippen molar-refractivity contribution < 1.29 is 9.53 Å². The molecule has 0 unspecified atom stereocenters. The molecule has 2 aliphatic heterocycles. The molecule has 5 heteroatoms. The van der Waals surface area contributed by atoms with Crippen molar-refractivity contribution >= 4 is 11.7 Å². The highest BCUT2D eigenvalue weighted by Crippen LogP contribution is 2.32. The van der Waals surface area contributed by atoms with Crippen LogP contribution in [0.1, 0.15) is 43.5 Å². The first kappa shape index (κ1) is 13.2. The van der Waals surface area contributed by atoms with Gasteiger partial charge in [-0.15, -0.1) is 0 Å². The number of hydrogen-bond acceptors (Lipinski definition) is 4. The highest BCUT2D eigenvalue weighted by atomic mass is 16.5. The number of rotatable bonds is 1. The van der Waals surface area contributed by atoms with E-state index in [4.69, 9.17) is 4.74 Å². The summed E-state index contributed by atoms with van der Waals surface area (Å²) >= 11 is 0. The Balaban J connectivity index is 1.82. The van der Waals surface area contributed by atoms with Crippen molar-refractivity contribution in [3.05, 3.63) is 17.8 Å². The number of likely N-dealkylation sites (tertiary alicyclic amines) is 1. The fraction of sp³-hybridized carbons (Fsp3) is 0.600. The predicted octanol–water partition coefficient (Wildman–Crippen LogP) is 2.29. The van der Waals surface area contributed by atoms with Gasteiger partial charge in [0.1, 0.15) is 5.60 Å². The lowest BCUT2D eigenvalue weighted by molar-refractivity contribution is 0.0720.